The number of hydrogen-bond acceptors (Lipinski definition) is 5. The SMILES string of the molecule is N#CCN(CC(O)COCc1ccco1)C1CCCC1. The molecule has 2 rings (SSSR count). The van der Waals surface area contributed by atoms with Crippen LogP contribution in [0.2, 0.25) is 0 Å². The summed E-state index contributed by atoms with van der Waals surface area (Å²) in [5.74, 6) is 0.752. The van der Waals surface area contributed by atoms with Crippen LogP contribution in [0.15, 0.2) is 22.8 Å². The van der Waals surface area contributed by atoms with Gasteiger partial charge in [-0.1, -0.05) is 12.8 Å². The van der Waals surface area contributed by atoms with Gasteiger partial charge in [0.25, 0.3) is 0 Å². The topological polar surface area (TPSA) is 69.6 Å². The molecule has 20 heavy (non-hydrogen) atoms. The molecule has 0 saturated heterocycles. The zero-order chi connectivity index (χ0) is 14.2. The molecule has 0 amide bonds. The van der Waals surface area contributed by atoms with E-state index in [2.05, 4.69) is 11.0 Å². The van der Waals surface area contributed by atoms with Crippen LogP contribution in [-0.2, 0) is 11.3 Å². The molecular weight excluding hydrogens is 256 g/mol. The van der Waals surface area contributed by atoms with Gasteiger partial charge in [0, 0.05) is 12.6 Å². The van der Waals surface area contributed by atoms with E-state index in [0.29, 0.717) is 25.7 Å². The Labute approximate surface area is 119 Å². The number of nitrogens with zero attached hydrogens (tertiary/aromatic N) is 2. The van der Waals surface area contributed by atoms with Gasteiger partial charge < -0.3 is 14.3 Å². The molecule has 5 heteroatoms. The number of rotatable bonds is 8. The fraction of sp³-hybridized carbons (Fsp3) is 0.667. The number of hydrogen-bond donors (Lipinski definition) is 1. The Morgan fingerprint density at radius 3 is 2.95 bits per heavy atom. The van der Waals surface area contributed by atoms with E-state index >= 15 is 0 Å². The van der Waals surface area contributed by atoms with Crippen molar-refractivity contribution in [2.24, 2.45) is 0 Å². The second-order valence-corrected chi connectivity index (χ2v) is 5.27. The van der Waals surface area contributed by atoms with Crippen molar-refractivity contribution in [1.82, 2.24) is 4.90 Å². The van der Waals surface area contributed by atoms with Gasteiger partial charge in [0.15, 0.2) is 0 Å². The molecule has 1 N–H and O–H groups in total. The van der Waals surface area contributed by atoms with E-state index in [-0.39, 0.29) is 6.61 Å². The maximum atomic E-state index is 10.0. The zero-order valence-corrected chi connectivity index (χ0v) is 11.7. The van der Waals surface area contributed by atoms with E-state index in [1.807, 2.05) is 12.1 Å². The van der Waals surface area contributed by atoms with Gasteiger partial charge in [0.05, 0.1) is 31.6 Å². The summed E-state index contributed by atoms with van der Waals surface area (Å²) in [6.45, 7) is 1.50. The largest absolute Gasteiger partial charge is 0.467 e. The van der Waals surface area contributed by atoms with Gasteiger partial charge in [0.2, 0.25) is 0 Å². The number of nitriles is 1. The molecule has 1 aliphatic rings. The minimum atomic E-state index is -0.570. The van der Waals surface area contributed by atoms with Crippen molar-refractivity contribution < 1.29 is 14.3 Å². The predicted octanol–water partition coefficient (Wildman–Crippen LogP) is 1.93. The first-order valence-electron chi connectivity index (χ1n) is 7.19. The number of aliphatic hydroxyl groups excluding tert-OH is 1. The van der Waals surface area contributed by atoms with Crippen LogP contribution < -0.4 is 0 Å². The summed E-state index contributed by atoms with van der Waals surface area (Å²) in [6.07, 6.45) is 5.72. The number of ether oxygens (including phenoxy) is 1. The molecule has 1 aromatic heterocycles. The fourth-order valence-corrected chi connectivity index (χ4v) is 2.72. The molecule has 5 nitrogen and oxygen atoms in total. The van der Waals surface area contributed by atoms with Crippen LogP contribution in [0.3, 0.4) is 0 Å². The lowest BCUT2D eigenvalue weighted by Gasteiger charge is -2.28. The molecule has 0 bridgehead atoms. The minimum absolute atomic E-state index is 0.259. The van der Waals surface area contributed by atoms with Gasteiger partial charge in [-0.05, 0) is 25.0 Å². The van der Waals surface area contributed by atoms with Crippen LogP contribution in [0.4, 0.5) is 0 Å². The molecule has 1 atom stereocenters. The second-order valence-electron chi connectivity index (χ2n) is 5.27. The molecular formula is C15H22N2O3. The highest BCUT2D eigenvalue weighted by atomic mass is 16.5. The lowest BCUT2D eigenvalue weighted by molar-refractivity contribution is 0.000929. The summed E-state index contributed by atoms with van der Waals surface area (Å²) < 4.78 is 10.6. The third-order valence-electron chi connectivity index (χ3n) is 3.69. The molecule has 1 heterocycles. The van der Waals surface area contributed by atoms with Crippen molar-refractivity contribution >= 4 is 0 Å². The average molecular weight is 278 g/mol. The van der Waals surface area contributed by atoms with E-state index in [4.69, 9.17) is 14.4 Å². The molecule has 0 radical (unpaired) electrons. The molecule has 1 saturated carbocycles. The Balaban J connectivity index is 1.70. The lowest BCUT2D eigenvalue weighted by atomic mass is 10.2. The van der Waals surface area contributed by atoms with Gasteiger partial charge in [-0.3, -0.25) is 4.90 Å². The maximum absolute atomic E-state index is 10.0. The van der Waals surface area contributed by atoms with Gasteiger partial charge in [-0.25, -0.2) is 0 Å². The summed E-state index contributed by atoms with van der Waals surface area (Å²) in [7, 11) is 0. The highest BCUT2D eigenvalue weighted by Crippen LogP contribution is 2.23. The Hall–Kier alpha value is -1.35. The summed E-state index contributed by atoms with van der Waals surface area (Å²) in [6, 6.07) is 6.28. The fourth-order valence-electron chi connectivity index (χ4n) is 2.72. The first kappa shape index (κ1) is 15.0. The minimum Gasteiger partial charge on any atom is -0.467 e. The average Bonchev–Trinajstić information content (AvgIpc) is 3.11. The lowest BCUT2D eigenvalue weighted by Crippen LogP contribution is -2.41. The van der Waals surface area contributed by atoms with Gasteiger partial charge >= 0.3 is 0 Å². The molecule has 0 spiro atoms. The predicted molar refractivity (Wildman–Crippen MR) is 73.8 cm³/mol. The first-order valence-corrected chi connectivity index (χ1v) is 7.19. The van der Waals surface area contributed by atoms with Crippen LogP contribution in [0.25, 0.3) is 0 Å². The molecule has 1 unspecified atom stereocenters. The Morgan fingerprint density at radius 2 is 2.30 bits per heavy atom. The standard InChI is InChI=1S/C15H22N2O3/c16-7-8-17(13-4-1-2-5-13)10-14(18)11-19-12-15-6-3-9-20-15/h3,6,9,13-14,18H,1-2,4-5,8,10-12H2. The van der Waals surface area contributed by atoms with Gasteiger partial charge in [0.1, 0.15) is 12.4 Å². The van der Waals surface area contributed by atoms with E-state index in [1.54, 1.807) is 6.26 Å². The molecule has 1 aliphatic carbocycles. The Bertz CT molecular complexity index is 407. The molecule has 0 aliphatic heterocycles. The van der Waals surface area contributed by atoms with Crippen LogP contribution in [-0.4, -0.2) is 41.8 Å². The molecule has 1 fully saturated rings. The van der Waals surface area contributed by atoms with Crippen molar-refractivity contribution in [3.63, 3.8) is 0 Å². The van der Waals surface area contributed by atoms with E-state index in [9.17, 15) is 5.11 Å². The third-order valence-corrected chi connectivity index (χ3v) is 3.69. The summed E-state index contributed by atoms with van der Waals surface area (Å²) in [4.78, 5) is 2.08. The van der Waals surface area contributed by atoms with Crippen LogP contribution in [0, 0.1) is 11.3 Å². The monoisotopic (exact) mass is 278 g/mol. The Kier molecular flexibility index (Phi) is 6.06. The van der Waals surface area contributed by atoms with Crippen molar-refractivity contribution in [2.75, 3.05) is 19.7 Å². The van der Waals surface area contributed by atoms with Crippen LogP contribution in [0.5, 0.6) is 0 Å². The Morgan fingerprint density at radius 1 is 1.50 bits per heavy atom. The number of aliphatic hydroxyl groups is 1. The summed E-state index contributed by atoms with van der Waals surface area (Å²) >= 11 is 0. The first-order chi connectivity index (χ1) is 9.79. The van der Waals surface area contributed by atoms with Crippen LogP contribution in [0.1, 0.15) is 31.4 Å². The van der Waals surface area contributed by atoms with Gasteiger partial charge in [-0.15, -0.1) is 0 Å². The highest BCUT2D eigenvalue weighted by Gasteiger charge is 2.24. The quantitative estimate of drug-likeness (QED) is 0.736. The van der Waals surface area contributed by atoms with Crippen molar-refractivity contribution in [1.29, 1.82) is 5.26 Å². The third kappa shape index (κ3) is 4.64. The number of furan rings is 1. The summed E-state index contributed by atoms with van der Waals surface area (Å²) in [5, 5.41) is 18.9. The summed E-state index contributed by atoms with van der Waals surface area (Å²) in [5.41, 5.74) is 0. The maximum Gasteiger partial charge on any atom is 0.129 e. The zero-order valence-electron chi connectivity index (χ0n) is 11.7. The van der Waals surface area contributed by atoms with E-state index in [0.717, 1.165) is 18.6 Å². The van der Waals surface area contributed by atoms with Gasteiger partial charge in [-0.2, -0.15) is 5.26 Å². The molecule has 0 aromatic carbocycles. The van der Waals surface area contributed by atoms with E-state index in [1.165, 1.54) is 12.8 Å². The van der Waals surface area contributed by atoms with Crippen molar-refractivity contribution in [2.45, 2.75) is 44.4 Å². The second kappa shape index (κ2) is 8.05. The molecule has 1 aromatic rings. The highest BCUT2D eigenvalue weighted by molar-refractivity contribution is 4.96. The van der Waals surface area contributed by atoms with Crippen molar-refractivity contribution in [3.8, 4) is 6.07 Å². The van der Waals surface area contributed by atoms with Crippen LogP contribution >= 0.6 is 0 Å². The molecule has 110 valence electrons. The van der Waals surface area contributed by atoms with E-state index < -0.39 is 6.10 Å². The smallest absolute Gasteiger partial charge is 0.129 e. The normalized spacial score (nSPS) is 17.4. The van der Waals surface area contributed by atoms with Crippen molar-refractivity contribution in [3.05, 3.63) is 24.2 Å².